The zero-order valence-electron chi connectivity index (χ0n) is 13.5. The van der Waals surface area contributed by atoms with Gasteiger partial charge in [-0.1, -0.05) is 23.7 Å². The van der Waals surface area contributed by atoms with Crippen LogP contribution in [0.3, 0.4) is 0 Å². The smallest absolute Gasteiger partial charge is 0.269 e. The lowest BCUT2D eigenvalue weighted by Crippen LogP contribution is -2.13. The van der Waals surface area contributed by atoms with Crippen molar-refractivity contribution < 1.29 is 9.72 Å². The molecule has 2 aromatic heterocycles. The van der Waals surface area contributed by atoms with E-state index >= 15 is 0 Å². The summed E-state index contributed by atoms with van der Waals surface area (Å²) in [5.41, 5.74) is 1.94. The SMILES string of the molecule is O=C(Nc1nc2scc(-c3ccc(Cl)cc3)n2n1)c1ccc([N+](=O)[O-])cc1. The van der Waals surface area contributed by atoms with Crippen LogP contribution >= 0.6 is 22.9 Å². The van der Waals surface area contributed by atoms with Gasteiger partial charge < -0.3 is 0 Å². The quantitative estimate of drug-likeness (QED) is 0.407. The molecule has 0 fully saturated rings. The summed E-state index contributed by atoms with van der Waals surface area (Å²) in [5.74, 6) is -0.295. The first kappa shape index (κ1) is 17.1. The van der Waals surface area contributed by atoms with E-state index in [0.717, 1.165) is 11.3 Å². The monoisotopic (exact) mass is 399 g/mol. The first-order valence-corrected chi connectivity index (χ1v) is 8.93. The molecule has 10 heteroatoms. The minimum Gasteiger partial charge on any atom is -0.289 e. The number of halogens is 1. The average Bonchev–Trinajstić information content (AvgIpc) is 3.22. The Hall–Kier alpha value is -3.30. The Bertz CT molecular complexity index is 1150. The van der Waals surface area contributed by atoms with Crippen molar-refractivity contribution in [3.05, 3.63) is 74.6 Å². The van der Waals surface area contributed by atoms with Gasteiger partial charge in [0.2, 0.25) is 4.96 Å². The number of nitro benzene ring substituents is 1. The molecule has 1 amide bonds. The van der Waals surface area contributed by atoms with Crippen LogP contribution in [0.1, 0.15) is 10.4 Å². The number of hydrogen-bond acceptors (Lipinski definition) is 6. The number of nitro groups is 1. The Morgan fingerprint density at radius 1 is 1.15 bits per heavy atom. The second kappa shape index (κ2) is 6.78. The van der Waals surface area contributed by atoms with E-state index < -0.39 is 10.8 Å². The van der Waals surface area contributed by atoms with Crippen LogP contribution in [-0.2, 0) is 0 Å². The van der Waals surface area contributed by atoms with Crippen molar-refractivity contribution in [3.63, 3.8) is 0 Å². The van der Waals surface area contributed by atoms with E-state index in [1.54, 1.807) is 16.6 Å². The van der Waals surface area contributed by atoms with E-state index in [0.29, 0.717) is 9.98 Å². The highest BCUT2D eigenvalue weighted by molar-refractivity contribution is 7.15. The van der Waals surface area contributed by atoms with Crippen LogP contribution in [0.2, 0.25) is 5.02 Å². The number of rotatable bonds is 4. The van der Waals surface area contributed by atoms with Gasteiger partial charge in [-0.25, -0.2) is 4.52 Å². The predicted molar refractivity (Wildman–Crippen MR) is 102 cm³/mol. The first-order chi connectivity index (χ1) is 13.0. The standard InChI is InChI=1S/C17H10ClN5O3S/c18-12-5-1-10(2-6-12)14-9-27-17-20-16(21-22(14)17)19-15(24)11-3-7-13(8-4-11)23(25)26/h1-9H,(H,19,21,24). The number of hydrogen-bond donors (Lipinski definition) is 1. The van der Waals surface area contributed by atoms with E-state index in [4.69, 9.17) is 11.6 Å². The summed E-state index contributed by atoms with van der Waals surface area (Å²) < 4.78 is 1.64. The topological polar surface area (TPSA) is 102 Å². The van der Waals surface area contributed by atoms with Gasteiger partial charge in [0.15, 0.2) is 0 Å². The summed E-state index contributed by atoms with van der Waals surface area (Å²) >= 11 is 7.31. The Balaban J connectivity index is 1.58. The number of aromatic nitrogens is 3. The molecular formula is C17H10ClN5O3S. The molecule has 0 radical (unpaired) electrons. The molecule has 0 saturated heterocycles. The third-order valence-corrected chi connectivity index (χ3v) is 4.86. The van der Waals surface area contributed by atoms with Gasteiger partial charge in [-0.05, 0) is 24.3 Å². The minimum absolute atomic E-state index is 0.0835. The van der Waals surface area contributed by atoms with E-state index in [1.165, 1.54) is 35.6 Å². The zero-order chi connectivity index (χ0) is 19.0. The highest BCUT2D eigenvalue weighted by Gasteiger charge is 2.15. The van der Waals surface area contributed by atoms with Gasteiger partial charge >= 0.3 is 0 Å². The van der Waals surface area contributed by atoms with Crippen molar-refractivity contribution in [3.8, 4) is 11.3 Å². The molecule has 0 bridgehead atoms. The number of non-ortho nitro benzene ring substituents is 1. The van der Waals surface area contributed by atoms with Crippen LogP contribution in [0.15, 0.2) is 53.9 Å². The number of amides is 1. The first-order valence-electron chi connectivity index (χ1n) is 7.67. The van der Waals surface area contributed by atoms with Crippen LogP contribution in [0, 0.1) is 10.1 Å². The van der Waals surface area contributed by atoms with Crippen LogP contribution < -0.4 is 5.32 Å². The summed E-state index contributed by atoms with van der Waals surface area (Å²) in [7, 11) is 0. The van der Waals surface area contributed by atoms with Crippen LogP contribution in [0.5, 0.6) is 0 Å². The molecule has 8 nitrogen and oxygen atoms in total. The molecule has 0 aliphatic heterocycles. The van der Waals surface area contributed by atoms with Crippen LogP contribution in [0.4, 0.5) is 11.6 Å². The highest BCUT2D eigenvalue weighted by atomic mass is 35.5. The molecule has 0 aliphatic carbocycles. The number of nitrogens with zero attached hydrogens (tertiary/aromatic N) is 4. The highest BCUT2D eigenvalue weighted by Crippen LogP contribution is 2.27. The number of carbonyl (C=O) groups excluding carboxylic acids is 1. The van der Waals surface area contributed by atoms with E-state index in [9.17, 15) is 14.9 Å². The largest absolute Gasteiger partial charge is 0.289 e. The molecule has 0 spiro atoms. The summed E-state index contributed by atoms with van der Waals surface area (Å²) in [6, 6.07) is 12.6. The number of anilines is 1. The van der Waals surface area contributed by atoms with Gasteiger partial charge in [0, 0.05) is 33.7 Å². The third kappa shape index (κ3) is 3.37. The lowest BCUT2D eigenvalue weighted by molar-refractivity contribution is -0.384. The molecule has 4 aromatic rings. The van der Waals surface area contributed by atoms with E-state index in [2.05, 4.69) is 15.4 Å². The van der Waals surface area contributed by atoms with Crippen molar-refractivity contribution in [2.75, 3.05) is 5.32 Å². The lowest BCUT2D eigenvalue weighted by Gasteiger charge is -2.01. The van der Waals surface area contributed by atoms with Gasteiger partial charge in [-0.2, -0.15) is 4.98 Å². The second-order valence-corrected chi connectivity index (χ2v) is 6.79. The Labute approximate surface area is 161 Å². The molecule has 0 unspecified atom stereocenters. The van der Waals surface area contributed by atoms with Crippen molar-refractivity contribution >= 4 is 45.4 Å². The van der Waals surface area contributed by atoms with Gasteiger partial charge in [0.05, 0.1) is 10.6 Å². The zero-order valence-corrected chi connectivity index (χ0v) is 15.1. The van der Waals surface area contributed by atoms with E-state index in [-0.39, 0.29) is 17.2 Å². The average molecular weight is 400 g/mol. The number of nitrogens with one attached hydrogen (secondary N) is 1. The summed E-state index contributed by atoms with van der Waals surface area (Å²) in [6.45, 7) is 0. The molecule has 0 aliphatic rings. The third-order valence-electron chi connectivity index (χ3n) is 3.79. The fraction of sp³-hybridized carbons (Fsp3) is 0. The van der Waals surface area contributed by atoms with Gasteiger partial charge in [-0.15, -0.1) is 16.4 Å². The Morgan fingerprint density at radius 3 is 2.52 bits per heavy atom. The number of carbonyl (C=O) groups is 1. The maximum atomic E-state index is 12.3. The molecular weight excluding hydrogens is 390 g/mol. The van der Waals surface area contributed by atoms with Crippen LogP contribution in [0.25, 0.3) is 16.2 Å². The molecule has 4 rings (SSSR count). The van der Waals surface area contributed by atoms with E-state index in [1.807, 2.05) is 17.5 Å². The maximum Gasteiger partial charge on any atom is 0.269 e. The molecule has 2 heterocycles. The lowest BCUT2D eigenvalue weighted by atomic mass is 10.2. The fourth-order valence-corrected chi connectivity index (χ4v) is 3.42. The van der Waals surface area contributed by atoms with Gasteiger partial charge in [0.25, 0.3) is 17.5 Å². The van der Waals surface area contributed by atoms with Crippen molar-refractivity contribution in [2.45, 2.75) is 0 Å². The number of thiazole rings is 1. The number of benzene rings is 2. The molecule has 2 aromatic carbocycles. The number of fused-ring (bicyclic) bond motifs is 1. The summed E-state index contributed by atoms with van der Waals surface area (Å²) in [4.78, 5) is 27.4. The molecule has 27 heavy (non-hydrogen) atoms. The molecule has 134 valence electrons. The van der Waals surface area contributed by atoms with Crippen molar-refractivity contribution in [1.29, 1.82) is 0 Å². The van der Waals surface area contributed by atoms with Crippen LogP contribution in [-0.4, -0.2) is 25.4 Å². The van der Waals surface area contributed by atoms with Gasteiger partial charge in [-0.3, -0.25) is 20.2 Å². The Kier molecular flexibility index (Phi) is 4.30. The minimum atomic E-state index is -0.523. The molecule has 0 saturated carbocycles. The molecule has 0 atom stereocenters. The Morgan fingerprint density at radius 2 is 1.85 bits per heavy atom. The normalized spacial score (nSPS) is 10.9. The maximum absolute atomic E-state index is 12.3. The summed E-state index contributed by atoms with van der Waals surface area (Å²) in [5, 5.41) is 20.2. The molecule has 1 N–H and O–H groups in total. The predicted octanol–water partition coefficient (Wildman–Crippen LogP) is 4.27. The fourth-order valence-electron chi connectivity index (χ4n) is 2.46. The van der Waals surface area contributed by atoms with Gasteiger partial charge in [0.1, 0.15) is 0 Å². The van der Waals surface area contributed by atoms with Crippen molar-refractivity contribution in [2.24, 2.45) is 0 Å². The second-order valence-electron chi connectivity index (χ2n) is 5.52. The summed E-state index contributed by atoms with van der Waals surface area (Å²) in [6.07, 6.45) is 0. The van der Waals surface area contributed by atoms with Crippen molar-refractivity contribution in [1.82, 2.24) is 14.6 Å².